The summed E-state index contributed by atoms with van der Waals surface area (Å²) in [6, 6.07) is 0. The summed E-state index contributed by atoms with van der Waals surface area (Å²) in [5.41, 5.74) is 1.47. The number of unbranched alkanes of at least 4 members (excludes halogenated alkanes) is 3. The Hall–Kier alpha value is 0.787. The molecular weight excluding hydrogens is 555 g/mol. The van der Waals surface area contributed by atoms with Gasteiger partial charge in [0.05, 0.1) is 0 Å². The van der Waals surface area contributed by atoms with Crippen LogP contribution in [0.4, 0.5) is 0 Å². The van der Waals surface area contributed by atoms with E-state index >= 15 is 0 Å². The Kier molecular flexibility index (Phi) is 16.6. The third kappa shape index (κ3) is 12.0. The molecule has 5 atom stereocenters. The Morgan fingerprint density at radius 3 is 1.70 bits per heavy atom. The van der Waals surface area contributed by atoms with Crippen LogP contribution in [0.2, 0.25) is 18.1 Å². The van der Waals surface area contributed by atoms with E-state index in [4.69, 9.17) is 4.43 Å². The van der Waals surface area contributed by atoms with Gasteiger partial charge in [0.2, 0.25) is 0 Å². The molecule has 0 bridgehead atoms. The first-order valence-corrected chi connectivity index (χ1v) is 23.6. The average Bonchev–Trinajstić information content (AvgIpc) is 2.81. The zero-order chi connectivity index (χ0) is 29.1. The molecule has 1 N–H and O–H groups in total. The summed E-state index contributed by atoms with van der Waals surface area (Å²) in [5.74, 6) is 0.649. The van der Waals surface area contributed by atoms with E-state index in [2.05, 4.69) is 111 Å². The van der Waals surface area contributed by atoms with Crippen molar-refractivity contribution in [2.75, 3.05) is 24.6 Å². The van der Waals surface area contributed by atoms with E-state index < -0.39 is 19.7 Å². The fourth-order valence-corrected chi connectivity index (χ4v) is 16.4. The first-order chi connectivity index (χ1) is 16.9. The van der Waals surface area contributed by atoms with Gasteiger partial charge in [-0.15, -0.1) is 0 Å². The molecule has 0 aliphatic carbocycles. The second kappa shape index (κ2) is 16.3. The molecule has 0 heterocycles. The van der Waals surface area contributed by atoms with E-state index in [0.29, 0.717) is 5.92 Å². The monoisotopic (exact) mass is 622 g/mol. The molecule has 0 spiro atoms. The second-order valence-corrected chi connectivity index (χ2v) is 30.2. The summed E-state index contributed by atoms with van der Waals surface area (Å²) in [6.45, 7) is 29.9. The van der Waals surface area contributed by atoms with Crippen molar-refractivity contribution in [3.05, 3.63) is 11.6 Å². The van der Waals surface area contributed by atoms with Crippen LogP contribution in [0.5, 0.6) is 0 Å². The molecule has 37 heavy (non-hydrogen) atoms. The SMILES string of the molecule is CCCCP(Br)(CCCC)(CCCC)C/C(C)=C/[C@@H](C)[C@H](O)[C@@H](C)[C@H](O[Si](C)(C)C(C)(C)C)[C@@H](C)CC. The maximum atomic E-state index is 11.6. The topological polar surface area (TPSA) is 29.5 Å². The Bertz CT molecular complexity index is 648. The predicted molar refractivity (Wildman–Crippen MR) is 180 cm³/mol. The van der Waals surface area contributed by atoms with Gasteiger partial charge in [-0.2, -0.15) is 0 Å². The molecule has 224 valence electrons. The molecule has 0 saturated heterocycles. The normalized spacial score (nSPS) is 19.1. The molecule has 0 aromatic rings. The molecule has 0 aromatic carbocycles. The van der Waals surface area contributed by atoms with Crippen molar-refractivity contribution in [3.63, 3.8) is 0 Å². The van der Waals surface area contributed by atoms with Crippen LogP contribution < -0.4 is 0 Å². The van der Waals surface area contributed by atoms with Gasteiger partial charge in [-0.05, 0) is 0 Å². The van der Waals surface area contributed by atoms with Crippen LogP contribution in [-0.4, -0.2) is 50.3 Å². The molecule has 0 rings (SSSR count). The number of halogens is 1. The van der Waals surface area contributed by atoms with Crippen LogP contribution >= 0.6 is 20.8 Å². The zero-order valence-electron chi connectivity index (χ0n) is 27.4. The summed E-state index contributed by atoms with van der Waals surface area (Å²) in [5, 5.41) is 9.79. The van der Waals surface area contributed by atoms with Crippen LogP contribution in [0.3, 0.4) is 0 Å². The first-order valence-electron chi connectivity index (χ1n) is 15.7. The van der Waals surface area contributed by atoms with Gasteiger partial charge in [0, 0.05) is 0 Å². The molecule has 2 nitrogen and oxygen atoms in total. The van der Waals surface area contributed by atoms with Gasteiger partial charge in [-0.1, -0.05) is 0 Å². The minimum atomic E-state index is -2.00. The van der Waals surface area contributed by atoms with Gasteiger partial charge in [0.1, 0.15) is 0 Å². The van der Waals surface area contributed by atoms with Crippen molar-refractivity contribution in [2.45, 2.75) is 151 Å². The van der Waals surface area contributed by atoms with Gasteiger partial charge in [0.15, 0.2) is 0 Å². The zero-order valence-corrected chi connectivity index (χ0v) is 30.9. The predicted octanol–water partition coefficient (Wildman–Crippen LogP) is 11.3. The minimum absolute atomic E-state index is 0.0890. The molecule has 0 aliphatic rings. The van der Waals surface area contributed by atoms with Crippen molar-refractivity contribution in [2.24, 2.45) is 17.8 Å². The molecule has 0 fully saturated rings. The third-order valence-electron chi connectivity index (χ3n) is 9.44. The number of aliphatic hydroxyl groups is 1. The van der Waals surface area contributed by atoms with Gasteiger partial charge in [0.25, 0.3) is 0 Å². The summed E-state index contributed by atoms with van der Waals surface area (Å²) in [7, 11) is -1.93. The summed E-state index contributed by atoms with van der Waals surface area (Å²) in [4.78, 5) is 0. The Labute approximate surface area is 243 Å². The molecule has 0 saturated carbocycles. The van der Waals surface area contributed by atoms with Gasteiger partial charge >= 0.3 is 244 Å². The summed E-state index contributed by atoms with van der Waals surface area (Å²) in [6.07, 6.45) is 16.2. The number of rotatable bonds is 19. The third-order valence-corrected chi connectivity index (χ3v) is 23.4. The van der Waals surface area contributed by atoms with Crippen molar-refractivity contribution in [1.29, 1.82) is 0 Å². The van der Waals surface area contributed by atoms with Crippen LogP contribution in [0, 0.1) is 17.8 Å². The Balaban J connectivity index is 5.97. The van der Waals surface area contributed by atoms with E-state index in [1.54, 1.807) is 0 Å². The van der Waals surface area contributed by atoms with Crippen LogP contribution in [-0.2, 0) is 4.43 Å². The molecule has 0 aliphatic heterocycles. The first kappa shape index (κ1) is 37.8. The Morgan fingerprint density at radius 2 is 1.35 bits per heavy atom. The fraction of sp³-hybridized carbons (Fsp3) is 0.938. The molecule has 0 amide bonds. The van der Waals surface area contributed by atoms with E-state index in [0.717, 1.165) is 6.42 Å². The molecule has 5 heteroatoms. The van der Waals surface area contributed by atoms with Crippen LogP contribution in [0.15, 0.2) is 11.6 Å². The average molecular weight is 624 g/mol. The number of hydrogen-bond acceptors (Lipinski definition) is 2. The van der Waals surface area contributed by atoms with Gasteiger partial charge in [-0.25, -0.2) is 0 Å². The molecule has 0 unspecified atom stereocenters. The second-order valence-electron chi connectivity index (χ2n) is 14.2. The molecule has 0 radical (unpaired) electrons. The Morgan fingerprint density at radius 1 is 0.919 bits per heavy atom. The summed E-state index contributed by atoms with van der Waals surface area (Å²) >= 11 is 4.57. The van der Waals surface area contributed by atoms with Crippen molar-refractivity contribution < 1.29 is 9.53 Å². The van der Waals surface area contributed by atoms with Crippen LogP contribution in [0.1, 0.15) is 121 Å². The van der Waals surface area contributed by atoms with Crippen molar-refractivity contribution in [1.82, 2.24) is 0 Å². The van der Waals surface area contributed by atoms with E-state index in [-0.39, 0.29) is 23.0 Å². The van der Waals surface area contributed by atoms with E-state index in [9.17, 15) is 5.11 Å². The van der Waals surface area contributed by atoms with Crippen molar-refractivity contribution >= 4 is 29.1 Å². The molecule has 0 aromatic heterocycles. The van der Waals surface area contributed by atoms with Crippen LogP contribution in [0.25, 0.3) is 0 Å². The maximum absolute atomic E-state index is 11.6. The number of hydrogen-bond donors (Lipinski definition) is 1. The van der Waals surface area contributed by atoms with E-state index in [1.165, 1.54) is 68.7 Å². The standard InChI is InChI=1S/C32H68BrO2PSi/c1-14-18-21-36(33,22-19-15-2,23-20-16-3)25-26(5)24-28(7)30(34)29(8)31(27(6)17-4)35-37(12,13)32(9,10)11/h24,27-31,34H,14-23,25H2,1-13H3/b26-24+/t27-,28+,29+,30-,31+/m0/s1. The number of aliphatic hydroxyl groups excluding tert-OH is 1. The van der Waals surface area contributed by atoms with Gasteiger partial charge in [-0.3, -0.25) is 0 Å². The van der Waals surface area contributed by atoms with Crippen molar-refractivity contribution in [3.8, 4) is 0 Å². The quantitative estimate of drug-likeness (QED) is 0.0881. The van der Waals surface area contributed by atoms with E-state index in [1.807, 2.05) is 0 Å². The summed E-state index contributed by atoms with van der Waals surface area (Å²) < 4.78 is 6.98. The van der Waals surface area contributed by atoms with Gasteiger partial charge < -0.3 is 0 Å². The fourth-order valence-electron chi connectivity index (χ4n) is 5.62. The molecular formula is C32H68BrO2PSi. The number of allylic oxidation sites excluding steroid dienone is 1.